The van der Waals surface area contributed by atoms with Gasteiger partial charge in [0.2, 0.25) is 0 Å². The first-order chi connectivity index (χ1) is 5.72. The van der Waals surface area contributed by atoms with Gasteiger partial charge >= 0.3 is 0 Å². The number of nitrogens with zero attached hydrogens (tertiary/aromatic N) is 1. The van der Waals surface area contributed by atoms with Crippen molar-refractivity contribution in [3.63, 3.8) is 0 Å². The van der Waals surface area contributed by atoms with Crippen LogP contribution in [0.25, 0.3) is 0 Å². The Balaban J connectivity index is 3.30. The van der Waals surface area contributed by atoms with E-state index < -0.39 is 0 Å². The summed E-state index contributed by atoms with van der Waals surface area (Å²) in [6.45, 7) is 4.41. The lowest BCUT2D eigenvalue weighted by Gasteiger charge is -2.21. The van der Waals surface area contributed by atoms with E-state index in [-0.39, 0.29) is 0 Å². The van der Waals surface area contributed by atoms with Gasteiger partial charge in [0, 0.05) is 13.1 Å². The van der Waals surface area contributed by atoms with Crippen molar-refractivity contribution in [1.82, 2.24) is 4.90 Å². The maximum Gasteiger partial charge on any atom is 0.0817 e. The summed E-state index contributed by atoms with van der Waals surface area (Å²) < 4.78 is 0. The Morgan fingerprint density at radius 2 is 2.00 bits per heavy atom. The molecule has 1 N–H and O–H groups in total. The lowest BCUT2D eigenvalue weighted by atomic mass is 10.1. The highest BCUT2D eigenvalue weighted by atomic mass is 15.1. The number of hydrogen-bond donors (Lipinski definition) is 1. The molecule has 1 unspecified atom stereocenters. The van der Waals surface area contributed by atoms with E-state index in [9.17, 15) is 0 Å². The molecule has 0 saturated heterocycles. The minimum Gasteiger partial charge on any atom is -0.364 e. The Bertz CT molecular complexity index is 112. The molecular formula is C10H22N2. The Morgan fingerprint density at radius 3 is 2.50 bits per heavy atom. The van der Waals surface area contributed by atoms with Gasteiger partial charge in [-0.1, -0.05) is 32.6 Å². The topological polar surface area (TPSA) is 27.1 Å². The zero-order valence-corrected chi connectivity index (χ0v) is 8.64. The molecule has 0 bridgehead atoms. The second-order valence-electron chi connectivity index (χ2n) is 3.49. The van der Waals surface area contributed by atoms with Crippen molar-refractivity contribution in [3.8, 4) is 0 Å². The van der Waals surface area contributed by atoms with E-state index in [1.165, 1.54) is 38.4 Å². The van der Waals surface area contributed by atoms with Crippen LogP contribution in [0.4, 0.5) is 0 Å². The Labute approximate surface area is 76.5 Å². The smallest absolute Gasteiger partial charge is 0.0817 e. The monoisotopic (exact) mass is 170 g/mol. The van der Waals surface area contributed by atoms with Crippen molar-refractivity contribution in [2.75, 3.05) is 7.05 Å². The van der Waals surface area contributed by atoms with Crippen LogP contribution in [0.3, 0.4) is 0 Å². The molecule has 0 saturated carbocycles. The molecule has 0 aliphatic carbocycles. The first-order valence-electron chi connectivity index (χ1n) is 4.94. The van der Waals surface area contributed by atoms with E-state index in [2.05, 4.69) is 13.8 Å². The standard InChI is InChI=1S/C10H22N2/c1-4-5-6-7-8-10(2)12(3)9-11/h9-11H,4-8H2,1-3H3. The molecule has 72 valence electrons. The van der Waals surface area contributed by atoms with Crippen LogP contribution in [-0.4, -0.2) is 24.3 Å². The van der Waals surface area contributed by atoms with E-state index in [1.54, 1.807) is 0 Å². The summed E-state index contributed by atoms with van der Waals surface area (Å²) in [7, 11) is 1.97. The van der Waals surface area contributed by atoms with E-state index in [0.29, 0.717) is 6.04 Å². The third-order valence-corrected chi connectivity index (χ3v) is 2.37. The van der Waals surface area contributed by atoms with Crippen LogP contribution in [0.1, 0.15) is 46.0 Å². The number of unbranched alkanes of at least 4 members (excludes halogenated alkanes) is 3. The molecule has 0 fully saturated rings. The zero-order valence-electron chi connectivity index (χ0n) is 8.64. The first-order valence-corrected chi connectivity index (χ1v) is 4.94. The zero-order chi connectivity index (χ0) is 9.40. The Hall–Kier alpha value is -0.530. The molecule has 0 amide bonds. The molecule has 0 aliphatic heterocycles. The summed E-state index contributed by atoms with van der Waals surface area (Å²) in [5, 5.41) is 7.06. The molecule has 12 heavy (non-hydrogen) atoms. The van der Waals surface area contributed by atoms with Gasteiger partial charge in [-0.25, -0.2) is 0 Å². The Kier molecular flexibility index (Phi) is 6.82. The molecule has 2 nitrogen and oxygen atoms in total. The number of hydrogen-bond acceptors (Lipinski definition) is 1. The lowest BCUT2D eigenvalue weighted by Crippen LogP contribution is -2.26. The summed E-state index contributed by atoms with van der Waals surface area (Å²) in [6.07, 6.45) is 7.91. The molecule has 0 rings (SSSR count). The van der Waals surface area contributed by atoms with Gasteiger partial charge in [-0.2, -0.15) is 0 Å². The van der Waals surface area contributed by atoms with Crippen molar-refractivity contribution in [3.05, 3.63) is 0 Å². The quantitative estimate of drug-likeness (QED) is 0.355. The van der Waals surface area contributed by atoms with Gasteiger partial charge in [0.1, 0.15) is 0 Å². The summed E-state index contributed by atoms with van der Waals surface area (Å²) in [6, 6.07) is 0.527. The normalized spacial score (nSPS) is 12.6. The molecule has 2 heteroatoms. The van der Waals surface area contributed by atoms with Crippen LogP contribution in [0.15, 0.2) is 0 Å². The summed E-state index contributed by atoms with van der Waals surface area (Å²) in [4.78, 5) is 1.96. The minimum absolute atomic E-state index is 0.527. The minimum atomic E-state index is 0.527. The highest BCUT2D eigenvalue weighted by Gasteiger charge is 2.03. The van der Waals surface area contributed by atoms with Crippen LogP contribution in [0.5, 0.6) is 0 Å². The van der Waals surface area contributed by atoms with Gasteiger partial charge in [-0.3, -0.25) is 5.41 Å². The van der Waals surface area contributed by atoms with Crippen LogP contribution >= 0.6 is 0 Å². The highest BCUT2D eigenvalue weighted by molar-refractivity contribution is 5.50. The fourth-order valence-electron chi connectivity index (χ4n) is 1.20. The van der Waals surface area contributed by atoms with E-state index in [4.69, 9.17) is 5.41 Å². The predicted molar refractivity (Wildman–Crippen MR) is 54.8 cm³/mol. The predicted octanol–water partition coefficient (Wildman–Crippen LogP) is 2.88. The average molecular weight is 170 g/mol. The van der Waals surface area contributed by atoms with Gasteiger partial charge in [0.25, 0.3) is 0 Å². The first kappa shape index (κ1) is 11.5. The van der Waals surface area contributed by atoms with Crippen LogP contribution < -0.4 is 0 Å². The van der Waals surface area contributed by atoms with E-state index >= 15 is 0 Å². The molecular weight excluding hydrogens is 148 g/mol. The van der Waals surface area contributed by atoms with Crippen molar-refractivity contribution in [1.29, 1.82) is 5.41 Å². The molecule has 0 aromatic carbocycles. The van der Waals surface area contributed by atoms with Gasteiger partial charge in [0.15, 0.2) is 0 Å². The number of rotatable bonds is 7. The molecule has 0 radical (unpaired) electrons. The third-order valence-electron chi connectivity index (χ3n) is 2.37. The summed E-state index contributed by atoms with van der Waals surface area (Å²) >= 11 is 0. The largest absolute Gasteiger partial charge is 0.364 e. The van der Waals surface area contributed by atoms with Crippen LogP contribution in [-0.2, 0) is 0 Å². The second-order valence-corrected chi connectivity index (χ2v) is 3.49. The summed E-state index contributed by atoms with van der Waals surface area (Å²) in [5.74, 6) is 0. The lowest BCUT2D eigenvalue weighted by molar-refractivity contribution is 0.365. The molecule has 0 aromatic heterocycles. The van der Waals surface area contributed by atoms with Crippen LogP contribution in [0, 0.1) is 5.41 Å². The van der Waals surface area contributed by atoms with Crippen molar-refractivity contribution < 1.29 is 0 Å². The molecule has 0 heterocycles. The average Bonchev–Trinajstić information content (AvgIpc) is 2.10. The van der Waals surface area contributed by atoms with Crippen molar-refractivity contribution in [2.24, 2.45) is 0 Å². The van der Waals surface area contributed by atoms with Crippen molar-refractivity contribution in [2.45, 2.75) is 52.0 Å². The highest BCUT2D eigenvalue weighted by Crippen LogP contribution is 2.07. The van der Waals surface area contributed by atoms with E-state index in [1.807, 2.05) is 11.9 Å². The van der Waals surface area contributed by atoms with Gasteiger partial charge in [-0.15, -0.1) is 0 Å². The van der Waals surface area contributed by atoms with Gasteiger partial charge in [-0.05, 0) is 13.3 Å². The fourth-order valence-corrected chi connectivity index (χ4v) is 1.20. The molecule has 0 aliphatic rings. The second kappa shape index (κ2) is 7.14. The van der Waals surface area contributed by atoms with Crippen molar-refractivity contribution >= 4 is 6.34 Å². The SMILES string of the molecule is CCCCCCC(C)N(C)C=N. The molecule has 0 spiro atoms. The van der Waals surface area contributed by atoms with E-state index in [0.717, 1.165) is 0 Å². The maximum atomic E-state index is 7.06. The van der Waals surface area contributed by atoms with Gasteiger partial charge in [0.05, 0.1) is 6.34 Å². The number of nitrogens with one attached hydrogen (secondary N) is 1. The van der Waals surface area contributed by atoms with Gasteiger partial charge < -0.3 is 4.90 Å². The Morgan fingerprint density at radius 1 is 1.33 bits per heavy atom. The maximum absolute atomic E-state index is 7.06. The third kappa shape index (κ3) is 5.16. The molecule has 1 atom stereocenters. The fraction of sp³-hybridized carbons (Fsp3) is 0.900. The summed E-state index contributed by atoms with van der Waals surface area (Å²) in [5.41, 5.74) is 0. The van der Waals surface area contributed by atoms with Crippen LogP contribution in [0.2, 0.25) is 0 Å². The molecule has 0 aromatic rings.